The molecule has 1 aromatic carbocycles. The Kier molecular flexibility index (Phi) is 4.66. The van der Waals surface area contributed by atoms with Crippen molar-refractivity contribution in [1.29, 1.82) is 0 Å². The number of rotatable bonds is 4. The first-order valence-corrected chi connectivity index (χ1v) is 8.53. The van der Waals surface area contributed by atoms with Crippen molar-refractivity contribution in [3.63, 3.8) is 0 Å². The monoisotopic (exact) mass is 315 g/mol. The number of likely N-dealkylation sites (tertiary alicyclic amines) is 1. The van der Waals surface area contributed by atoms with Crippen LogP contribution in [-0.2, 0) is 0 Å². The molecule has 1 aliphatic heterocycles. The molecule has 5 heteroatoms. The number of nitrogens with zero attached hydrogens (tertiary/aromatic N) is 1. The van der Waals surface area contributed by atoms with Crippen molar-refractivity contribution in [2.75, 3.05) is 19.6 Å². The number of nitrogens with two attached hydrogens (primary N) is 1. The molecular formula is C18H25N3O2. The Balaban J connectivity index is 1.69. The number of benzene rings is 1. The highest BCUT2D eigenvalue weighted by atomic mass is 16.2. The van der Waals surface area contributed by atoms with E-state index in [1.165, 1.54) is 0 Å². The minimum Gasteiger partial charge on any atom is -0.352 e. The van der Waals surface area contributed by atoms with Gasteiger partial charge in [-0.05, 0) is 49.3 Å². The molecule has 5 nitrogen and oxygen atoms in total. The quantitative estimate of drug-likeness (QED) is 0.887. The van der Waals surface area contributed by atoms with E-state index in [-0.39, 0.29) is 17.9 Å². The average Bonchev–Trinajstić information content (AvgIpc) is 3.14. The number of amides is 2. The van der Waals surface area contributed by atoms with Crippen LogP contribution in [0.2, 0.25) is 0 Å². The van der Waals surface area contributed by atoms with Gasteiger partial charge in [-0.25, -0.2) is 0 Å². The first-order chi connectivity index (χ1) is 11.1. The molecule has 1 saturated carbocycles. The molecule has 124 valence electrons. The van der Waals surface area contributed by atoms with Crippen molar-refractivity contribution in [3.05, 3.63) is 35.4 Å². The lowest BCUT2D eigenvalue weighted by Crippen LogP contribution is -2.33. The lowest BCUT2D eigenvalue weighted by Gasteiger charge is -2.19. The van der Waals surface area contributed by atoms with Crippen molar-refractivity contribution < 1.29 is 9.59 Å². The largest absolute Gasteiger partial charge is 0.352 e. The topological polar surface area (TPSA) is 75.4 Å². The fraction of sp³-hybridized carbons (Fsp3) is 0.556. The van der Waals surface area contributed by atoms with Gasteiger partial charge in [0.05, 0.1) is 0 Å². The molecule has 0 radical (unpaired) electrons. The van der Waals surface area contributed by atoms with E-state index in [4.69, 9.17) is 5.73 Å². The van der Waals surface area contributed by atoms with Crippen LogP contribution in [0.25, 0.3) is 0 Å². The Morgan fingerprint density at radius 1 is 1.26 bits per heavy atom. The Morgan fingerprint density at radius 2 is 2.04 bits per heavy atom. The second kappa shape index (κ2) is 6.71. The highest BCUT2D eigenvalue weighted by Crippen LogP contribution is 2.37. The summed E-state index contributed by atoms with van der Waals surface area (Å²) < 4.78 is 0. The highest BCUT2D eigenvalue weighted by Gasteiger charge is 2.42. The van der Waals surface area contributed by atoms with Crippen LogP contribution in [-0.4, -0.2) is 42.4 Å². The van der Waals surface area contributed by atoms with Gasteiger partial charge in [0.2, 0.25) is 0 Å². The maximum absolute atomic E-state index is 12.7. The predicted molar refractivity (Wildman–Crippen MR) is 89.2 cm³/mol. The highest BCUT2D eigenvalue weighted by molar-refractivity contribution is 5.99. The Hall–Kier alpha value is -1.88. The maximum atomic E-state index is 12.7. The zero-order valence-electron chi connectivity index (χ0n) is 13.6. The van der Waals surface area contributed by atoms with E-state index in [1.54, 1.807) is 24.3 Å². The van der Waals surface area contributed by atoms with Gasteiger partial charge in [0.1, 0.15) is 0 Å². The van der Waals surface area contributed by atoms with Crippen molar-refractivity contribution >= 4 is 11.8 Å². The number of carbonyl (C=O) groups excluding carboxylic acids is 2. The summed E-state index contributed by atoms with van der Waals surface area (Å²) in [5, 5.41) is 2.84. The molecule has 0 aromatic heterocycles. The molecule has 2 aliphatic rings. The third kappa shape index (κ3) is 3.24. The lowest BCUT2D eigenvalue weighted by atomic mass is 9.98. The summed E-state index contributed by atoms with van der Waals surface area (Å²) in [6.07, 6.45) is 3.08. The molecular weight excluding hydrogens is 290 g/mol. The minimum atomic E-state index is -0.123. The van der Waals surface area contributed by atoms with Crippen LogP contribution in [0.3, 0.4) is 0 Å². The lowest BCUT2D eigenvalue weighted by molar-refractivity contribution is 0.0779. The van der Waals surface area contributed by atoms with Gasteiger partial charge in [-0.2, -0.15) is 0 Å². The molecule has 3 unspecified atom stereocenters. The molecule has 1 heterocycles. The second-order valence-corrected chi connectivity index (χ2v) is 6.71. The average molecular weight is 315 g/mol. The normalized spacial score (nSPS) is 26.2. The number of carbonyl (C=O) groups is 2. The molecule has 1 aliphatic carbocycles. The molecule has 2 fully saturated rings. The van der Waals surface area contributed by atoms with Crippen LogP contribution in [0, 0.1) is 11.8 Å². The third-order valence-corrected chi connectivity index (χ3v) is 5.11. The van der Waals surface area contributed by atoms with Gasteiger partial charge < -0.3 is 16.0 Å². The summed E-state index contributed by atoms with van der Waals surface area (Å²) in [6.45, 7) is 4.19. The standard InChI is InChI=1S/C18H25N3O2/c1-2-8-20-17(22)12-4-3-5-13(9-12)18(23)21-10-14-6-7-16(19)15(14)11-21/h3-5,9,14-16H,2,6-8,10-11,19H2,1H3,(H,20,22). The fourth-order valence-corrected chi connectivity index (χ4v) is 3.79. The molecule has 1 saturated heterocycles. The fourth-order valence-electron chi connectivity index (χ4n) is 3.79. The van der Waals surface area contributed by atoms with Crippen LogP contribution in [0.5, 0.6) is 0 Å². The first kappa shape index (κ1) is 16.0. The summed E-state index contributed by atoms with van der Waals surface area (Å²) in [6, 6.07) is 7.23. The number of hydrogen-bond donors (Lipinski definition) is 2. The SMILES string of the molecule is CCCNC(=O)c1cccc(C(=O)N2CC3CCC(N)C3C2)c1. The molecule has 2 amide bonds. The van der Waals surface area contributed by atoms with E-state index in [0.717, 1.165) is 32.4 Å². The van der Waals surface area contributed by atoms with E-state index < -0.39 is 0 Å². The van der Waals surface area contributed by atoms with E-state index in [9.17, 15) is 9.59 Å². The van der Waals surface area contributed by atoms with E-state index in [1.807, 2.05) is 11.8 Å². The van der Waals surface area contributed by atoms with E-state index in [0.29, 0.717) is 29.5 Å². The van der Waals surface area contributed by atoms with Gasteiger partial charge in [-0.15, -0.1) is 0 Å². The zero-order chi connectivity index (χ0) is 16.4. The maximum Gasteiger partial charge on any atom is 0.253 e. The van der Waals surface area contributed by atoms with Crippen molar-refractivity contribution in [2.24, 2.45) is 17.6 Å². The van der Waals surface area contributed by atoms with Crippen LogP contribution < -0.4 is 11.1 Å². The van der Waals surface area contributed by atoms with Crippen molar-refractivity contribution in [1.82, 2.24) is 10.2 Å². The van der Waals surface area contributed by atoms with Gasteiger partial charge in [0, 0.05) is 36.8 Å². The van der Waals surface area contributed by atoms with Crippen LogP contribution in [0.1, 0.15) is 46.9 Å². The molecule has 0 bridgehead atoms. The zero-order valence-corrected chi connectivity index (χ0v) is 13.6. The van der Waals surface area contributed by atoms with Gasteiger partial charge in [0.15, 0.2) is 0 Å². The third-order valence-electron chi connectivity index (χ3n) is 5.11. The summed E-state index contributed by atoms with van der Waals surface area (Å²) >= 11 is 0. The Bertz CT molecular complexity index is 602. The summed E-state index contributed by atoms with van der Waals surface area (Å²) in [7, 11) is 0. The summed E-state index contributed by atoms with van der Waals surface area (Å²) in [5.41, 5.74) is 7.27. The number of fused-ring (bicyclic) bond motifs is 1. The van der Waals surface area contributed by atoms with Gasteiger partial charge >= 0.3 is 0 Å². The molecule has 1 aromatic rings. The predicted octanol–water partition coefficient (Wildman–Crippen LogP) is 1.64. The summed E-state index contributed by atoms with van der Waals surface area (Å²) in [5.74, 6) is 0.874. The number of hydrogen-bond acceptors (Lipinski definition) is 3. The van der Waals surface area contributed by atoms with Crippen molar-refractivity contribution in [3.8, 4) is 0 Å². The van der Waals surface area contributed by atoms with Crippen LogP contribution >= 0.6 is 0 Å². The summed E-state index contributed by atoms with van der Waals surface area (Å²) in [4.78, 5) is 26.7. The molecule has 3 N–H and O–H groups in total. The van der Waals surface area contributed by atoms with Crippen LogP contribution in [0.15, 0.2) is 24.3 Å². The van der Waals surface area contributed by atoms with Gasteiger partial charge in [-0.1, -0.05) is 13.0 Å². The second-order valence-electron chi connectivity index (χ2n) is 6.71. The van der Waals surface area contributed by atoms with E-state index >= 15 is 0 Å². The molecule has 3 rings (SSSR count). The first-order valence-electron chi connectivity index (χ1n) is 8.53. The van der Waals surface area contributed by atoms with Gasteiger partial charge in [0.25, 0.3) is 11.8 Å². The Morgan fingerprint density at radius 3 is 2.78 bits per heavy atom. The Labute approximate surface area is 137 Å². The molecule has 3 atom stereocenters. The minimum absolute atomic E-state index is 0.0109. The van der Waals surface area contributed by atoms with E-state index in [2.05, 4.69) is 5.32 Å². The molecule has 23 heavy (non-hydrogen) atoms. The van der Waals surface area contributed by atoms with Gasteiger partial charge in [-0.3, -0.25) is 9.59 Å². The number of nitrogens with one attached hydrogen (secondary N) is 1. The van der Waals surface area contributed by atoms with Crippen molar-refractivity contribution in [2.45, 2.75) is 32.2 Å². The molecule has 0 spiro atoms. The smallest absolute Gasteiger partial charge is 0.253 e. The van der Waals surface area contributed by atoms with Crippen LogP contribution in [0.4, 0.5) is 0 Å².